The standard InChI is InChI=1S/C15H16N4O2/c1-2-21-13-5-3-12(4-6-13)18-15(20)19-8-11-7-16-10-17-14(11)9-19/h3-7,10H,2,8-9H2,1H3,(H,18,20). The highest BCUT2D eigenvalue weighted by molar-refractivity contribution is 5.89. The molecule has 2 amide bonds. The van der Waals surface area contributed by atoms with Crippen LogP contribution in [0, 0.1) is 0 Å². The van der Waals surface area contributed by atoms with E-state index in [0.717, 1.165) is 22.7 Å². The summed E-state index contributed by atoms with van der Waals surface area (Å²) in [5, 5.41) is 2.87. The fourth-order valence-corrected chi connectivity index (χ4v) is 2.25. The largest absolute Gasteiger partial charge is 0.494 e. The molecular formula is C15H16N4O2. The molecule has 0 aliphatic carbocycles. The summed E-state index contributed by atoms with van der Waals surface area (Å²) in [5.41, 5.74) is 2.65. The van der Waals surface area contributed by atoms with Crippen LogP contribution < -0.4 is 10.1 Å². The summed E-state index contributed by atoms with van der Waals surface area (Å²) in [6.45, 7) is 3.61. The van der Waals surface area contributed by atoms with Crippen LogP contribution in [0.4, 0.5) is 10.5 Å². The Morgan fingerprint density at radius 2 is 2.14 bits per heavy atom. The first-order valence-corrected chi connectivity index (χ1v) is 6.83. The molecule has 3 rings (SSSR count). The monoisotopic (exact) mass is 284 g/mol. The van der Waals surface area contributed by atoms with Gasteiger partial charge in [0.2, 0.25) is 0 Å². The average Bonchev–Trinajstić information content (AvgIpc) is 2.94. The third kappa shape index (κ3) is 2.94. The highest BCUT2D eigenvalue weighted by atomic mass is 16.5. The number of nitrogens with one attached hydrogen (secondary N) is 1. The molecule has 6 heteroatoms. The first-order valence-electron chi connectivity index (χ1n) is 6.83. The number of amides is 2. The van der Waals surface area contributed by atoms with Gasteiger partial charge in [0.25, 0.3) is 0 Å². The second kappa shape index (κ2) is 5.78. The van der Waals surface area contributed by atoms with Gasteiger partial charge in [-0.05, 0) is 31.2 Å². The molecule has 1 aliphatic heterocycles. The number of carbonyl (C=O) groups excluding carboxylic acids is 1. The minimum atomic E-state index is -0.142. The number of aromatic nitrogens is 2. The predicted molar refractivity (Wildman–Crippen MR) is 77.9 cm³/mol. The SMILES string of the molecule is CCOc1ccc(NC(=O)N2Cc3cncnc3C2)cc1. The van der Waals surface area contributed by atoms with Crippen LogP contribution in [0.15, 0.2) is 36.8 Å². The van der Waals surface area contributed by atoms with Crippen LogP contribution in [0.2, 0.25) is 0 Å². The van der Waals surface area contributed by atoms with Gasteiger partial charge in [-0.3, -0.25) is 0 Å². The fourth-order valence-electron chi connectivity index (χ4n) is 2.25. The molecule has 0 spiro atoms. The van der Waals surface area contributed by atoms with Gasteiger partial charge in [0.05, 0.1) is 25.4 Å². The summed E-state index contributed by atoms with van der Waals surface area (Å²) >= 11 is 0. The smallest absolute Gasteiger partial charge is 0.322 e. The van der Waals surface area contributed by atoms with Crippen molar-refractivity contribution in [2.24, 2.45) is 0 Å². The van der Waals surface area contributed by atoms with E-state index in [1.165, 1.54) is 6.33 Å². The molecule has 0 radical (unpaired) electrons. The Kier molecular flexibility index (Phi) is 3.68. The summed E-state index contributed by atoms with van der Waals surface area (Å²) in [5.74, 6) is 0.791. The molecule has 6 nitrogen and oxygen atoms in total. The summed E-state index contributed by atoms with van der Waals surface area (Å²) in [6.07, 6.45) is 3.26. The van der Waals surface area contributed by atoms with E-state index in [-0.39, 0.29) is 6.03 Å². The highest BCUT2D eigenvalue weighted by Crippen LogP contribution is 2.21. The molecule has 1 aromatic heterocycles. The van der Waals surface area contributed by atoms with E-state index in [1.54, 1.807) is 11.1 Å². The van der Waals surface area contributed by atoms with E-state index in [2.05, 4.69) is 15.3 Å². The number of urea groups is 1. The maximum Gasteiger partial charge on any atom is 0.322 e. The van der Waals surface area contributed by atoms with Gasteiger partial charge >= 0.3 is 6.03 Å². The molecule has 2 aromatic rings. The van der Waals surface area contributed by atoms with Crippen molar-refractivity contribution < 1.29 is 9.53 Å². The second-order valence-electron chi connectivity index (χ2n) is 4.74. The lowest BCUT2D eigenvalue weighted by molar-refractivity contribution is 0.212. The quantitative estimate of drug-likeness (QED) is 0.940. The van der Waals surface area contributed by atoms with Crippen molar-refractivity contribution in [1.82, 2.24) is 14.9 Å². The Morgan fingerprint density at radius 3 is 2.86 bits per heavy atom. The Balaban J connectivity index is 1.62. The number of benzene rings is 1. The number of hydrogen-bond donors (Lipinski definition) is 1. The van der Waals surface area contributed by atoms with Crippen molar-refractivity contribution in [3.05, 3.63) is 48.0 Å². The lowest BCUT2D eigenvalue weighted by Crippen LogP contribution is -2.30. The van der Waals surface area contributed by atoms with E-state index < -0.39 is 0 Å². The maximum absolute atomic E-state index is 12.2. The molecule has 1 aliphatic rings. The van der Waals surface area contributed by atoms with Crippen LogP contribution in [0.5, 0.6) is 5.75 Å². The van der Waals surface area contributed by atoms with Gasteiger partial charge in [0, 0.05) is 17.4 Å². The lowest BCUT2D eigenvalue weighted by atomic mass is 10.3. The Bertz CT molecular complexity index is 617. The summed E-state index contributed by atoms with van der Waals surface area (Å²) in [4.78, 5) is 22.1. The van der Waals surface area contributed by atoms with Crippen molar-refractivity contribution in [3.63, 3.8) is 0 Å². The zero-order chi connectivity index (χ0) is 14.7. The number of nitrogens with zero attached hydrogens (tertiary/aromatic N) is 3. The number of fused-ring (bicyclic) bond motifs is 1. The molecule has 0 fully saturated rings. The number of hydrogen-bond acceptors (Lipinski definition) is 4. The third-order valence-electron chi connectivity index (χ3n) is 3.29. The van der Waals surface area contributed by atoms with Crippen LogP contribution in [-0.2, 0) is 13.1 Å². The molecule has 1 aromatic carbocycles. The summed E-state index contributed by atoms with van der Waals surface area (Å²) in [7, 11) is 0. The minimum absolute atomic E-state index is 0.142. The van der Waals surface area contributed by atoms with E-state index in [9.17, 15) is 4.79 Å². The minimum Gasteiger partial charge on any atom is -0.494 e. The lowest BCUT2D eigenvalue weighted by Gasteiger charge is -2.16. The van der Waals surface area contributed by atoms with Crippen molar-refractivity contribution >= 4 is 11.7 Å². The number of ether oxygens (including phenoxy) is 1. The van der Waals surface area contributed by atoms with Crippen LogP contribution in [0.1, 0.15) is 18.2 Å². The van der Waals surface area contributed by atoms with Gasteiger partial charge in [-0.2, -0.15) is 0 Å². The molecule has 21 heavy (non-hydrogen) atoms. The van der Waals surface area contributed by atoms with Gasteiger partial charge in [0.15, 0.2) is 0 Å². The number of rotatable bonds is 3. The van der Waals surface area contributed by atoms with Gasteiger partial charge in [0.1, 0.15) is 12.1 Å². The van der Waals surface area contributed by atoms with Crippen molar-refractivity contribution in [1.29, 1.82) is 0 Å². The third-order valence-corrected chi connectivity index (χ3v) is 3.29. The van der Waals surface area contributed by atoms with Crippen LogP contribution >= 0.6 is 0 Å². The van der Waals surface area contributed by atoms with E-state index in [4.69, 9.17) is 4.74 Å². The molecule has 0 atom stereocenters. The highest BCUT2D eigenvalue weighted by Gasteiger charge is 2.24. The Labute approximate surface area is 122 Å². The van der Waals surface area contributed by atoms with Gasteiger partial charge < -0.3 is 15.0 Å². The van der Waals surface area contributed by atoms with Crippen LogP contribution in [0.3, 0.4) is 0 Å². The number of carbonyl (C=O) groups is 1. The first kappa shape index (κ1) is 13.4. The zero-order valence-electron chi connectivity index (χ0n) is 11.7. The first-order chi connectivity index (χ1) is 10.3. The van der Waals surface area contributed by atoms with E-state index >= 15 is 0 Å². The fraction of sp³-hybridized carbons (Fsp3) is 0.267. The summed E-state index contributed by atoms with van der Waals surface area (Å²) < 4.78 is 5.37. The van der Waals surface area contributed by atoms with Crippen LogP contribution in [-0.4, -0.2) is 27.5 Å². The maximum atomic E-state index is 12.2. The Hall–Kier alpha value is -2.63. The molecule has 0 saturated carbocycles. The van der Waals surface area contributed by atoms with Crippen molar-refractivity contribution in [2.75, 3.05) is 11.9 Å². The average molecular weight is 284 g/mol. The van der Waals surface area contributed by atoms with Gasteiger partial charge in [-0.25, -0.2) is 14.8 Å². The molecule has 0 bridgehead atoms. The molecule has 0 unspecified atom stereocenters. The second-order valence-corrected chi connectivity index (χ2v) is 4.74. The van der Waals surface area contributed by atoms with Crippen molar-refractivity contribution in [2.45, 2.75) is 20.0 Å². The normalized spacial score (nSPS) is 12.9. The topological polar surface area (TPSA) is 67.3 Å². The van der Waals surface area contributed by atoms with Crippen LogP contribution in [0.25, 0.3) is 0 Å². The van der Waals surface area contributed by atoms with E-state index in [0.29, 0.717) is 19.7 Å². The molecule has 2 heterocycles. The van der Waals surface area contributed by atoms with E-state index in [1.807, 2.05) is 31.2 Å². The van der Waals surface area contributed by atoms with Gasteiger partial charge in [-0.15, -0.1) is 0 Å². The Morgan fingerprint density at radius 1 is 1.33 bits per heavy atom. The number of anilines is 1. The zero-order valence-corrected chi connectivity index (χ0v) is 11.7. The van der Waals surface area contributed by atoms with Crippen molar-refractivity contribution in [3.8, 4) is 5.75 Å². The molecular weight excluding hydrogens is 268 g/mol. The molecule has 0 saturated heterocycles. The molecule has 1 N–H and O–H groups in total. The van der Waals surface area contributed by atoms with Gasteiger partial charge in [-0.1, -0.05) is 0 Å². The molecule has 108 valence electrons. The predicted octanol–water partition coefficient (Wildman–Crippen LogP) is 2.42. The summed E-state index contributed by atoms with van der Waals surface area (Å²) in [6, 6.07) is 7.18.